The van der Waals surface area contributed by atoms with Crippen molar-refractivity contribution in [2.75, 3.05) is 6.61 Å². The van der Waals surface area contributed by atoms with Crippen molar-refractivity contribution < 1.29 is 22.7 Å². The summed E-state index contributed by atoms with van der Waals surface area (Å²) in [6, 6.07) is 4.81. The van der Waals surface area contributed by atoms with Crippen molar-refractivity contribution in [3.63, 3.8) is 0 Å². The predicted octanol–water partition coefficient (Wildman–Crippen LogP) is 3.15. The molecule has 0 atom stereocenters. The molecule has 0 aromatic heterocycles. The van der Waals surface area contributed by atoms with Crippen LogP contribution in [0, 0.1) is 0 Å². The summed E-state index contributed by atoms with van der Waals surface area (Å²) in [5, 5.41) is 0. The molecule has 1 aliphatic carbocycles. The monoisotopic (exact) mass is 244 g/mol. The summed E-state index contributed by atoms with van der Waals surface area (Å²) in [5.74, 6) is 0.476. The van der Waals surface area contributed by atoms with Gasteiger partial charge in [-0.1, -0.05) is 0 Å². The number of carbonyl (C=O) groups excluding carboxylic acids is 1. The van der Waals surface area contributed by atoms with Gasteiger partial charge in [0, 0.05) is 12.0 Å². The van der Waals surface area contributed by atoms with Crippen LogP contribution in [0.15, 0.2) is 18.2 Å². The van der Waals surface area contributed by atoms with Gasteiger partial charge in [-0.2, -0.15) is 13.2 Å². The molecule has 0 saturated carbocycles. The van der Waals surface area contributed by atoms with Crippen LogP contribution in [-0.2, 0) is 6.42 Å². The standard InChI is InChI=1S/C12H11F3O2/c13-12(14,15)5-6-17-9-2-3-10-8(7-9)1-4-11(10)16/h2-3,7H,1,4-6H2. The van der Waals surface area contributed by atoms with E-state index in [4.69, 9.17) is 4.74 Å². The number of Topliss-reactive ketones (excluding diaryl/α,β-unsaturated/α-hetero) is 1. The third-order valence-corrected chi connectivity index (χ3v) is 2.65. The molecule has 0 unspecified atom stereocenters. The van der Waals surface area contributed by atoms with Crippen LogP contribution in [0.4, 0.5) is 13.2 Å². The van der Waals surface area contributed by atoms with Crippen molar-refractivity contribution in [3.8, 4) is 5.75 Å². The van der Waals surface area contributed by atoms with E-state index in [-0.39, 0.29) is 5.78 Å². The van der Waals surface area contributed by atoms with Gasteiger partial charge in [-0.15, -0.1) is 0 Å². The minimum Gasteiger partial charge on any atom is -0.493 e. The first-order chi connectivity index (χ1) is 7.96. The Morgan fingerprint density at radius 2 is 2.00 bits per heavy atom. The third kappa shape index (κ3) is 2.99. The number of alkyl halides is 3. The van der Waals surface area contributed by atoms with Crippen LogP contribution in [0.1, 0.15) is 28.8 Å². The molecule has 0 amide bonds. The highest BCUT2D eigenvalue weighted by atomic mass is 19.4. The van der Waals surface area contributed by atoms with Crippen LogP contribution in [0.5, 0.6) is 5.75 Å². The molecule has 17 heavy (non-hydrogen) atoms. The molecule has 0 radical (unpaired) electrons. The number of ether oxygens (including phenoxy) is 1. The molecular weight excluding hydrogens is 233 g/mol. The van der Waals surface area contributed by atoms with Crippen molar-refractivity contribution in [2.45, 2.75) is 25.4 Å². The molecule has 2 nitrogen and oxygen atoms in total. The number of ketones is 1. The number of halogens is 3. The van der Waals surface area contributed by atoms with E-state index in [1.54, 1.807) is 18.2 Å². The lowest BCUT2D eigenvalue weighted by Gasteiger charge is -2.09. The van der Waals surface area contributed by atoms with Crippen molar-refractivity contribution in [1.82, 2.24) is 0 Å². The van der Waals surface area contributed by atoms with Gasteiger partial charge in [0.25, 0.3) is 0 Å². The largest absolute Gasteiger partial charge is 0.493 e. The summed E-state index contributed by atoms with van der Waals surface area (Å²) < 4.78 is 40.7. The fourth-order valence-electron chi connectivity index (χ4n) is 1.81. The molecule has 5 heteroatoms. The molecule has 92 valence electrons. The van der Waals surface area contributed by atoms with Crippen LogP contribution in [0.2, 0.25) is 0 Å². The smallest absolute Gasteiger partial charge is 0.392 e. The van der Waals surface area contributed by atoms with Crippen LogP contribution in [0.25, 0.3) is 0 Å². The van der Waals surface area contributed by atoms with Crippen molar-refractivity contribution in [3.05, 3.63) is 29.3 Å². The van der Waals surface area contributed by atoms with E-state index in [2.05, 4.69) is 0 Å². The zero-order valence-electron chi connectivity index (χ0n) is 9.01. The topological polar surface area (TPSA) is 26.3 Å². The molecular formula is C12H11F3O2. The van der Waals surface area contributed by atoms with E-state index in [0.717, 1.165) is 5.56 Å². The highest BCUT2D eigenvalue weighted by Gasteiger charge is 2.27. The van der Waals surface area contributed by atoms with Gasteiger partial charge in [-0.05, 0) is 30.2 Å². The molecule has 0 spiro atoms. The maximum Gasteiger partial charge on any atom is 0.392 e. The average Bonchev–Trinajstić information content (AvgIpc) is 2.58. The van der Waals surface area contributed by atoms with Crippen molar-refractivity contribution in [2.24, 2.45) is 0 Å². The number of hydrogen-bond donors (Lipinski definition) is 0. The molecule has 1 aliphatic rings. The van der Waals surface area contributed by atoms with Gasteiger partial charge in [0.2, 0.25) is 0 Å². The highest BCUT2D eigenvalue weighted by Crippen LogP contribution is 2.27. The summed E-state index contributed by atoms with van der Waals surface area (Å²) >= 11 is 0. The Bertz CT molecular complexity index is 438. The average molecular weight is 244 g/mol. The Morgan fingerprint density at radius 1 is 1.24 bits per heavy atom. The van der Waals surface area contributed by atoms with Crippen LogP contribution < -0.4 is 4.74 Å². The van der Waals surface area contributed by atoms with E-state index >= 15 is 0 Å². The summed E-state index contributed by atoms with van der Waals surface area (Å²) in [6.07, 6.45) is -4.05. The quantitative estimate of drug-likeness (QED) is 0.816. The molecule has 0 bridgehead atoms. The molecule has 0 saturated heterocycles. The molecule has 1 aromatic rings. The lowest BCUT2D eigenvalue weighted by Crippen LogP contribution is -2.13. The highest BCUT2D eigenvalue weighted by molar-refractivity contribution is 6.00. The second kappa shape index (κ2) is 4.39. The Balaban J connectivity index is 1.97. The zero-order valence-corrected chi connectivity index (χ0v) is 9.01. The number of benzene rings is 1. The van der Waals surface area contributed by atoms with Gasteiger partial charge in [0.05, 0.1) is 13.0 Å². The molecule has 0 fully saturated rings. The second-order valence-electron chi connectivity index (χ2n) is 3.96. The summed E-state index contributed by atoms with van der Waals surface area (Å²) in [4.78, 5) is 11.3. The Kier molecular flexibility index (Phi) is 3.09. The zero-order chi connectivity index (χ0) is 12.5. The van der Waals surface area contributed by atoms with E-state index in [1.165, 1.54) is 0 Å². The molecule has 0 aliphatic heterocycles. The third-order valence-electron chi connectivity index (χ3n) is 2.65. The summed E-state index contributed by atoms with van der Waals surface area (Å²) in [5.41, 5.74) is 1.52. The van der Waals surface area contributed by atoms with E-state index < -0.39 is 19.2 Å². The maximum atomic E-state index is 11.9. The minimum absolute atomic E-state index is 0.0850. The fraction of sp³-hybridized carbons (Fsp3) is 0.417. The van der Waals surface area contributed by atoms with E-state index in [9.17, 15) is 18.0 Å². The molecule has 0 N–H and O–H groups in total. The predicted molar refractivity (Wildman–Crippen MR) is 55.3 cm³/mol. The van der Waals surface area contributed by atoms with Gasteiger partial charge in [-0.3, -0.25) is 4.79 Å². The van der Waals surface area contributed by atoms with Crippen molar-refractivity contribution >= 4 is 5.78 Å². The minimum atomic E-state index is -4.20. The van der Waals surface area contributed by atoms with Gasteiger partial charge in [0.1, 0.15) is 5.75 Å². The van der Waals surface area contributed by atoms with Gasteiger partial charge < -0.3 is 4.74 Å². The first kappa shape index (κ1) is 12.0. The molecule has 1 aromatic carbocycles. The number of hydrogen-bond acceptors (Lipinski definition) is 2. The Labute approximate surface area is 96.4 Å². The molecule has 0 heterocycles. The lowest BCUT2D eigenvalue weighted by atomic mass is 10.1. The number of rotatable bonds is 3. The summed E-state index contributed by atoms with van der Waals surface area (Å²) in [6.45, 7) is -0.393. The first-order valence-corrected chi connectivity index (χ1v) is 5.31. The normalized spacial score (nSPS) is 14.9. The van der Waals surface area contributed by atoms with Crippen LogP contribution >= 0.6 is 0 Å². The van der Waals surface area contributed by atoms with E-state index in [1.807, 2.05) is 0 Å². The van der Waals surface area contributed by atoms with Crippen LogP contribution in [-0.4, -0.2) is 18.6 Å². The Hall–Kier alpha value is -1.52. The summed E-state index contributed by atoms with van der Waals surface area (Å²) in [7, 11) is 0. The van der Waals surface area contributed by atoms with Gasteiger partial charge in [-0.25, -0.2) is 0 Å². The maximum absolute atomic E-state index is 11.9. The first-order valence-electron chi connectivity index (χ1n) is 5.31. The van der Waals surface area contributed by atoms with E-state index in [0.29, 0.717) is 24.2 Å². The van der Waals surface area contributed by atoms with Crippen LogP contribution in [0.3, 0.4) is 0 Å². The molecule has 2 rings (SSSR count). The number of fused-ring (bicyclic) bond motifs is 1. The van der Waals surface area contributed by atoms with Crippen molar-refractivity contribution in [1.29, 1.82) is 0 Å². The number of aryl methyl sites for hydroxylation is 1. The Morgan fingerprint density at radius 3 is 2.71 bits per heavy atom. The second-order valence-corrected chi connectivity index (χ2v) is 3.96. The fourth-order valence-corrected chi connectivity index (χ4v) is 1.81. The number of carbonyl (C=O) groups is 1. The lowest BCUT2D eigenvalue weighted by molar-refractivity contribution is -0.139. The SMILES string of the molecule is O=C1CCc2cc(OCCC(F)(F)F)ccc21. The van der Waals surface area contributed by atoms with Gasteiger partial charge in [0.15, 0.2) is 5.78 Å². The van der Waals surface area contributed by atoms with Gasteiger partial charge >= 0.3 is 6.18 Å².